The predicted molar refractivity (Wildman–Crippen MR) is 75.3 cm³/mol. The fraction of sp³-hybridized carbons (Fsp3) is 0.0714. The van der Waals surface area contributed by atoms with Gasteiger partial charge in [-0.25, -0.2) is 13.2 Å². The standard InChI is InChI=1S/C14H10ClF3N2O/c1-19-13-10(17)4-7(5-11(13)18)14(21)20-12-6-8(16)2-3-9(12)15/h2-6,19H,1H3,(H,20,21). The molecule has 0 radical (unpaired) electrons. The number of rotatable bonds is 3. The molecule has 7 heteroatoms. The molecular weight excluding hydrogens is 305 g/mol. The number of halogens is 4. The van der Waals surface area contributed by atoms with Gasteiger partial charge in [0.2, 0.25) is 0 Å². The summed E-state index contributed by atoms with van der Waals surface area (Å²) in [6.45, 7) is 0. The van der Waals surface area contributed by atoms with E-state index in [1.54, 1.807) is 0 Å². The van der Waals surface area contributed by atoms with E-state index >= 15 is 0 Å². The van der Waals surface area contributed by atoms with Crippen molar-refractivity contribution in [2.45, 2.75) is 0 Å². The van der Waals surface area contributed by atoms with Crippen LogP contribution in [0, 0.1) is 17.5 Å². The third kappa shape index (κ3) is 3.28. The van der Waals surface area contributed by atoms with Crippen LogP contribution < -0.4 is 10.6 Å². The normalized spacial score (nSPS) is 10.3. The molecule has 110 valence electrons. The van der Waals surface area contributed by atoms with Crippen molar-refractivity contribution < 1.29 is 18.0 Å². The first kappa shape index (κ1) is 15.2. The van der Waals surface area contributed by atoms with Gasteiger partial charge in [0.05, 0.1) is 10.7 Å². The summed E-state index contributed by atoms with van der Waals surface area (Å²) in [5.41, 5.74) is -0.570. The minimum atomic E-state index is -0.909. The van der Waals surface area contributed by atoms with Gasteiger partial charge >= 0.3 is 0 Å². The molecule has 0 bridgehead atoms. The number of benzene rings is 2. The molecule has 0 aliphatic rings. The van der Waals surface area contributed by atoms with Crippen LogP contribution in [-0.2, 0) is 0 Å². The lowest BCUT2D eigenvalue weighted by atomic mass is 10.1. The van der Waals surface area contributed by atoms with Gasteiger partial charge in [-0.3, -0.25) is 4.79 Å². The van der Waals surface area contributed by atoms with E-state index in [-0.39, 0.29) is 22.0 Å². The van der Waals surface area contributed by atoms with Gasteiger partial charge in [-0.15, -0.1) is 0 Å². The van der Waals surface area contributed by atoms with E-state index in [2.05, 4.69) is 10.6 Å². The molecular formula is C14H10ClF3N2O. The van der Waals surface area contributed by atoms with Crippen molar-refractivity contribution in [3.05, 3.63) is 58.4 Å². The lowest BCUT2D eigenvalue weighted by molar-refractivity contribution is 0.102. The summed E-state index contributed by atoms with van der Waals surface area (Å²) >= 11 is 5.80. The van der Waals surface area contributed by atoms with Crippen molar-refractivity contribution in [1.82, 2.24) is 0 Å². The van der Waals surface area contributed by atoms with E-state index in [1.165, 1.54) is 13.1 Å². The summed E-state index contributed by atoms with van der Waals surface area (Å²) in [6.07, 6.45) is 0. The summed E-state index contributed by atoms with van der Waals surface area (Å²) in [5, 5.41) is 4.75. The lowest BCUT2D eigenvalue weighted by Crippen LogP contribution is -2.14. The maximum Gasteiger partial charge on any atom is 0.255 e. The number of carbonyl (C=O) groups is 1. The SMILES string of the molecule is CNc1c(F)cc(C(=O)Nc2cc(F)ccc2Cl)cc1F. The van der Waals surface area contributed by atoms with Crippen LogP contribution in [0.5, 0.6) is 0 Å². The van der Waals surface area contributed by atoms with Gasteiger partial charge in [-0.05, 0) is 30.3 Å². The maximum atomic E-state index is 13.6. The number of hydrogen-bond acceptors (Lipinski definition) is 2. The van der Waals surface area contributed by atoms with Gasteiger partial charge in [-0.2, -0.15) is 0 Å². The molecule has 0 fully saturated rings. The molecule has 0 spiro atoms. The smallest absolute Gasteiger partial charge is 0.255 e. The zero-order valence-corrected chi connectivity index (χ0v) is 11.6. The Hall–Kier alpha value is -2.21. The zero-order chi connectivity index (χ0) is 15.6. The van der Waals surface area contributed by atoms with Gasteiger partial charge in [0.1, 0.15) is 23.1 Å². The molecule has 0 heterocycles. The second kappa shape index (κ2) is 6.05. The van der Waals surface area contributed by atoms with E-state index in [4.69, 9.17) is 11.6 Å². The Morgan fingerprint density at radius 1 is 1.10 bits per heavy atom. The minimum absolute atomic E-state index is 0.0141. The number of nitrogens with one attached hydrogen (secondary N) is 2. The number of hydrogen-bond donors (Lipinski definition) is 2. The Kier molecular flexibility index (Phi) is 4.37. The highest BCUT2D eigenvalue weighted by atomic mass is 35.5. The van der Waals surface area contributed by atoms with Crippen molar-refractivity contribution in [1.29, 1.82) is 0 Å². The Bertz CT molecular complexity index is 684. The molecule has 3 nitrogen and oxygen atoms in total. The molecule has 2 aromatic rings. The number of anilines is 2. The van der Waals surface area contributed by atoms with Gasteiger partial charge in [0, 0.05) is 12.6 Å². The monoisotopic (exact) mass is 314 g/mol. The Morgan fingerprint density at radius 3 is 2.29 bits per heavy atom. The first-order chi connectivity index (χ1) is 9.92. The average molecular weight is 315 g/mol. The number of amides is 1. The topological polar surface area (TPSA) is 41.1 Å². The molecule has 0 aromatic heterocycles. The quantitative estimate of drug-likeness (QED) is 0.897. The Balaban J connectivity index is 2.31. The lowest BCUT2D eigenvalue weighted by Gasteiger charge is -2.09. The summed E-state index contributed by atoms with van der Waals surface area (Å²) < 4.78 is 40.3. The first-order valence-corrected chi connectivity index (χ1v) is 6.23. The van der Waals surface area contributed by atoms with Crippen molar-refractivity contribution in [3.63, 3.8) is 0 Å². The van der Waals surface area contributed by atoms with Gasteiger partial charge < -0.3 is 10.6 Å². The predicted octanol–water partition coefficient (Wildman–Crippen LogP) is 4.05. The van der Waals surface area contributed by atoms with Crippen molar-refractivity contribution in [3.8, 4) is 0 Å². The molecule has 21 heavy (non-hydrogen) atoms. The molecule has 0 aliphatic carbocycles. The summed E-state index contributed by atoms with van der Waals surface area (Å²) in [5.74, 6) is -3.22. The van der Waals surface area contributed by atoms with E-state index in [0.29, 0.717) is 0 Å². The largest absolute Gasteiger partial charge is 0.383 e. The third-order valence-corrected chi connectivity index (χ3v) is 3.06. The fourth-order valence-corrected chi connectivity index (χ4v) is 1.90. The van der Waals surface area contributed by atoms with Crippen LogP contribution in [-0.4, -0.2) is 13.0 Å². The maximum absolute atomic E-state index is 13.6. The van der Waals surface area contributed by atoms with E-state index in [1.807, 2.05) is 0 Å². The molecule has 0 saturated heterocycles. The fourth-order valence-electron chi connectivity index (χ4n) is 1.73. The zero-order valence-electron chi connectivity index (χ0n) is 10.8. The van der Waals surface area contributed by atoms with Crippen molar-refractivity contribution >= 4 is 28.9 Å². The van der Waals surface area contributed by atoms with Gasteiger partial charge in [0.15, 0.2) is 0 Å². The highest BCUT2D eigenvalue weighted by Gasteiger charge is 2.15. The second-order valence-corrected chi connectivity index (χ2v) is 4.55. The van der Waals surface area contributed by atoms with Crippen molar-refractivity contribution in [2.24, 2.45) is 0 Å². The summed E-state index contributed by atoms with van der Waals surface area (Å²) in [4.78, 5) is 11.9. The van der Waals surface area contributed by atoms with E-state index in [0.717, 1.165) is 24.3 Å². The highest BCUT2D eigenvalue weighted by molar-refractivity contribution is 6.33. The summed E-state index contributed by atoms with van der Waals surface area (Å²) in [7, 11) is 1.35. The molecule has 1 amide bonds. The van der Waals surface area contributed by atoms with Crippen LogP contribution in [0.4, 0.5) is 24.5 Å². The van der Waals surface area contributed by atoms with Crippen LogP contribution >= 0.6 is 11.6 Å². The van der Waals surface area contributed by atoms with E-state index < -0.39 is 23.4 Å². The van der Waals surface area contributed by atoms with Gasteiger partial charge in [0.25, 0.3) is 5.91 Å². The average Bonchev–Trinajstić information content (AvgIpc) is 2.42. The van der Waals surface area contributed by atoms with Crippen LogP contribution in [0.2, 0.25) is 5.02 Å². The van der Waals surface area contributed by atoms with Crippen molar-refractivity contribution in [2.75, 3.05) is 17.7 Å². The van der Waals surface area contributed by atoms with Crippen LogP contribution in [0.15, 0.2) is 30.3 Å². The second-order valence-electron chi connectivity index (χ2n) is 4.14. The molecule has 0 saturated carbocycles. The molecule has 0 aliphatic heterocycles. The Morgan fingerprint density at radius 2 is 1.71 bits per heavy atom. The van der Waals surface area contributed by atoms with E-state index in [9.17, 15) is 18.0 Å². The molecule has 2 N–H and O–H groups in total. The highest BCUT2D eigenvalue weighted by Crippen LogP contribution is 2.24. The summed E-state index contributed by atoms with van der Waals surface area (Å²) in [6, 6.07) is 5.14. The molecule has 0 atom stereocenters. The molecule has 0 unspecified atom stereocenters. The Labute approximate surface area is 123 Å². The van der Waals surface area contributed by atoms with Crippen LogP contribution in [0.3, 0.4) is 0 Å². The minimum Gasteiger partial charge on any atom is -0.383 e. The van der Waals surface area contributed by atoms with Crippen LogP contribution in [0.1, 0.15) is 10.4 Å². The first-order valence-electron chi connectivity index (χ1n) is 5.85. The molecule has 2 aromatic carbocycles. The van der Waals surface area contributed by atoms with Crippen LogP contribution in [0.25, 0.3) is 0 Å². The molecule has 2 rings (SSSR count). The third-order valence-electron chi connectivity index (χ3n) is 2.73. The number of carbonyl (C=O) groups excluding carboxylic acids is 1. The van der Waals surface area contributed by atoms with Gasteiger partial charge in [-0.1, -0.05) is 11.6 Å².